The van der Waals surface area contributed by atoms with Crippen molar-refractivity contribution in [2.24, 2.45) is 0 Å². The highest BCUT2D eigenvalue weighted by Crippen LogP contribution is 2.15. The number of hydrogen-bond acceptors (Lipinski definition) is 2. The standard InChI is InChI=1S/C13H12ClIN2O/c1-8-4-3-5-9(2)10(8)6-17-7-16-12(14)11(15)13(17)18/h3-5,7H,6H2,1-2H3. The zero-order chi connectivity index (χ0) is 13.3. The lowest BCUT2D eigenvalue weighted by Gasteiger charge is -2.11. The molecule has 1 aromatic carbocycles. The van der Waals surface area contributed by atoms with E-state index in [9.17, 15) is 4.79 Å². The Morgan fingerprint density at radius 1 is 1.33 bits per heavy atom. The van der Waals surface area contributed by atoms with E-state index in [2.05, 4.69) is 4.98 Å². The molecule has 2 aromatic rings. The van der Waals surface area contributed by atoms with E-state index < -0.39 is 0 Å². The molecule has 94 valence electrons. The number of halogens is 2. The second kappa shape index (κ2) is 5.40. The van der Waals surface area contributed by atoms with Crippen molar-refractivity contribution < 1.29 is 0 Å². The number of nitrogens with zero attached hydrogens (tertiary/aromatic N) is 2. The summed E-state index contributed by atoms with van der Waals surface area (Å²) in [7, 11) is 0. The highest BCUT2D eigenvalue weighted by Gasteiger charge is 2.09. The molecule has 0 unspecified atom stereocenters. The van der Waals surface area contributed by atoms with Crippen molar-refractivity contribution in [1.29, 1.82) is 0 Å². The molecule has 0 bridgehead atoms. The molecule has 1 heterocycles. The predicted molar refractivity (Wildman–Crippen MR) is 81.2 cm³/mol. The molecule has 18 heavy (non-hydrogen) atoms. The van der Waals surface area contributed by atoms with Gasteiger partial charge in [0.25, 0.3) is 5.56 Å². The van der Waals surface area contributed by atoms with Crippen LogP contribution in [0, 0.1) is 17.4 Å². The van der Waals surface area contributed by atoms with Crippen LogP contribution in [0.3, 0.4) is 0 Å². The summed E-state index contributed by atoms with van der Waals surface area (Å²) in [6.07, 6.45) is 1.50. The van der Waals surface area contributed by atoms with E-state index in [1.807, 2.05) is 54.6 Å². The van der Waals surface area contributed by atoms with E-state index in [-0.39, 0.29) is 10.7 Å². The zero-order valence-corrected chi connectivity index (χ0v) is 13.0. The Morgan fingerprint density at radius 3 is 2.56 bits per heavy atom. The monoisotopic (exact) mass is 374 g/mol. The van der Waals surface area contributed by atoms with E-state index in [4.69, 9.17) is 11.6 Å². The molecule has 0 atom stereocenters. The maximum atomic E-state index is 12.0. The van der Waals surface area contributed by atoms with Crippen molar-refractivity contribution in [2.75, 3.05) is 0 Å². The van der Waals surface area contributed by atoms with Gasteiger partial charge in [0.1, 0.15) is 8.72 Å². The topological polar surface area (TPSA) is 34.9 Å². The van der Waals surface area contributed by atoms with Gasteiger partial charge in [0.15, 0.2) is 0 Å². The molecule has 0 spiro atoms. The Hall–Kier alpha value is -0.880. The summed E-state index contributed by atoms with van der Waals surface area (Å²) in [4.78, 5) is 16.1. The molecule has 0 aliphatic rings. The van der Waals surface area contributed by atoms with Gasteiger partial charge in [0, 0.05) is 0 Å². The minimum Gasteiger partial charge on any atom is -0.294 e. The van der Waals surface area contributed by atoms with Crippen molar-refractivity contribution in [1.82, 2.24) is 9.55 Å². The van der Waals surface area contributed by atoms with Crippen LogP contribution in [0.5, 0.6) is 0 Å². The first-order chi connectivity index (χ1) is 8.50. The van der Waals surface area contributed by atoms with Crippen molar-refractivity contribution in [3.8, 4) is 0 Å². The molecule has 3 nitrogen and oxygen atoms in total. The largest absolute Gasteiger partial charge is 0.294 e. The Morgan fingerprint density at radius 2 is 1.94 bits per heavy atom. The summed E-state index contributed by atoms with van der Waals surface area (Å²) in [5.74, 6) is 0. The molecule has 0 saturated heterocycles. The fourth-order valence-electron chi connectivity index (χ4n) is 1.83. The normalized spacial score (nSPS) is 10.7. The van der Waals surface area contributed by atoms with E-state index in [0.717, 1.165) is 5.56 Å². The van der Waals surface area contributed by atoms with Crippen molar-refractivity contribution in [3.63, 3.8) is 0 Å². The first kappa shape index (κ1) is 13.5. The summed E-state index contributed by atoms with van der Waals surface area (Å²) in [5.41, 5.74) is 3.40. The third-order valence-corrected chi connectivity index (χ3v) is 4.49. The van der Waals surface area contributed by atoms with Gasteiger partial charge in [-0.1, -0.05) is 29.8 Å². The SMILES string of the molecule is Cc1cccc(C)c1Cn1cnc(Cl)c(I)c1=O. The first-order valence-electron chi connectivity index (χ1n) is 5.46. The lowest BCUT2D eigenvalue weighted by atomic mass is 10.0. The lowest BCUT2D eigenvalue weighted by molar-refractivity contribution is 0.723. The van der Waals surface area contributed by atoms with Gasteiger partial charge in [-0.2, -0.15) is 0 Å². The molecule has 0 aliphatic heterocycles. The Kier molecular flexibility index (Phi) is 4.07. The van der Waals surface area contributed by atoms with E-state index in [1.165, 1.54) is 17.5 Å². The van der Waals surface area contributed by atoms with Gasteiger partial charge in [-0.25, -0.2) is 4.98 Å². The molecule has 0 radical (unpaired) electrons. The number of benzene rings is 1. The first-order valence-corrected chi connectivity index (χ1v) is 6.92. The Balaban J connectivity index is 2.47. The lowest BCUT2D eigenvalue weighted by Crippen LogP contribution is -2.24. The summed E-state index contributed by atoms with van der Waals surface area (Å²) in [6, 6.07) is 6.10. The average molecular weight is 375 g/mol. The summed E-state index contributed by atoms with van der Waals surface area (Å²) < 4.78 is 2.05. The van der Waals surface area contributed by atoms with Crippen molar-refractivity contribution in [3.05, 3.63) is 60.3 Å². The van der Waals surface area contributed by atoms with Crippen LogP contribution in [0.4, 0.5) is 0 Å². The maximum Gasteiger partial charge on any atom is 0.268 e. The van der Waals surface area contributed by atoms with E-state index >= 15 is 0 Å². The third-order valence-electron chi connectivity index (χ3n) is 2.91. The van der Waals surface area contributed by atoms with Gasteiger partial charge in [0.2, 0.25) is 0 Å². The molecule has 0 saturated carbocycles. The smallest absolute Gasteiger partial charge is 0.268 e. The Bertz CT molecular complexity index is 632. The highest BCUT2D eigenvalue weighted by molar-refractivity contribution is 14.1. The second-order valence-electron chi connectivity index (χ2n) is 4.15. The minimum absolute atomic E-state index is 0.0988. The van der Waals surface area contributed by atoms with Crippen LogP contribution in [0.1, 0.15) is 16.7 Å². The van der Waals surface area contributed by atoms with Crippen LogP contribution in [0.25, 0.3) is 0 Å². The average Bonchev–Trinajstić information content (AvgIpc) is 2.34. The van der Waals surface area contributed by atoms with Crippen LogP contribution >= 0.6 is 34.2 Å². The van der Waals surface area contributed by atoms with Crippen molar-refractivity contribution >= 4 is 34.2 Å². The van der Waals surface area contributed by atoms with Gasteiger partial charge in [-0.05, 0) is 53.1 Å². The fraction of sp³-hybridized carbons (Fsp3) is 0.231. The zero-order valence-electron chi connectivity index (χ0n) is 10.1. The molecule has 0 fully saturated rings. The van der Waals surface area contributed by atoms with Crippen molar-refractivity contribution in [2.45, 2.75) is 20.4 Å². The third kappa shape index (κ3) is 2.59. The predicted octanol–water partition coefficient (Wildman–Crippen LogP) is 3.17. The summed E-state index contributed by atoms with van der Waals surface area (Å²) in [5, 5.41) is 0.262. The van der Waals surface area contributed by atoms with Gasteiger partial charge in [0.05, 0.1) is 12.9 Å². The Labute approximate surface area is 124 Å². The summed E-state index contributed by atoms with van der Waals surface area (Å²) in [6.45, 7) is 4.61. The number of aromatic nitrogens is 2. The molecule has 1 aromatic heterocycles. The number of hydrogen-bond donors (Lipinski definition) is 0. The quantitative estimate of drug-likeness (QED) is 0.598. The van der Waals surface area contributed by atoms with Gasteiger partial charge < -0.3 is 0 Å². The van der Waals surface area contributed by atoms with Gasteiger partial charge in [-0.3, -0.25) is 9.36 Å². The van der Waals surface area contributed by atoms with Gasteiger partial charge >= 0.3 is 0 Å². The van der Waals surface area contributed by atoms with Gasteiger partial charge in [-0.15, -0.1) is 0 Å². The maximum absolute atomic E-state index is 12.0. The molecule has 0 N–H and O–H groups in total. The van der Waals surface area contributed by atoms with E-state index in [1.54, 1.807) is 4.57 Å². The van der Waals surface area contributed by atoms with Crippen LogP contribution in [0.2, 0.25) is 5.15 Å². The number of rotatable bonds is 2. The second-order valence-corrected chi connectivity index (χ2v) is 5.59. The van der Waals surface area contributed by atoms with Crippen LogP contribution in [-0.2, 0) is 6.54 Å². The fourth-order valence-corrected chi connectivity index (χ4v) is 2.40. The molecular weight excluding hydrogens is 363 g/mol. The molecule has 0 amide bonds. The van der Waals surface area contributed by atoms with Crippen LogP contribution in [-0.4, -0.2) is 9.55 Å². The number of aryl methyl sites for hydroxylation is 2. The van der Waals surface area contributed by atoms with E-state index in [0.29, 0.717) is 10.1 Å². The molecular formula is C13H12ClIN2O. The summed E-state index contributed by atoms with van der Waals surface area (Å²) >= 11 is 7.75. The van der Waals surface area contributed by atoms with Crippen LogP contribution in [0.15, 0.2) is 29.3 Å². The minimum atomic E-state index is -0.0988. The molecule has 2 rings (SSSR count). The molecule has 5 heteroatoms. The highest BCUT2D eigenvalue weighted by atomic mass is 127. The van der Waals surface area contributed by atoms with Crippen LogP contribution < -0.4 is 5.56 Å². The molecule has 0 aliphatic carbocycles.